The lowest BCUT2D eigenvalue weighted by atomic mass is 10.1. The lowest BCUT2D eigenvalue weighted by Crippen LogP contribution is -2.03. The summed E-state index contributed by atoms with van der Waals surface area (Å²) >= 11 is 0. The van der Waals surface area contributed by atoms with E-state index < -0.39 is 0 Å². The number of nitrogen functional groups attached to an aromatic ring is 1. The van der Waals surface area contributed by atoms with Crippen molar-refractivity contribution in [1.82, 2.24) is 15.0 Å². The Balaban J connectivity index is 1.84. The van der Waals surface area contributed by atoms with E-state index >= 15 is 0 Å². The second kappa shape index (κ2) is 4.89. The number of pyridine rings is 1. The number of aromatic nitrogens is 3. The van der Waals surface area contributed by atoms with Crippen molar-refractivity contribution in [3.8, 4) is 0 Å². The van der Waals surface area contributed by atoms with Crippen LogP contribution in [0.3, 0.4) is 0 Å². The van der Waals surface area contributed by atoms with Crippen molar-refractivity contribution < 1.29 is 0 Å². The van der Waals surface area contributed by atoms with Crippen molar-refractivity contribution >= 4 is 22.5 Å². The summed E-state index contributed by atoms with van der Waals surface area (Å²) < 4.78 is 0. The maximum Gasteiger partial charge on any atom is 0.144 e. The van der Waals surface area contributed by atoms with E-state index in [1.807, 2.05) is 18.2 Å². The molecule has 1 aromatic carbocycles. The van der Waals surface area contributed by atoms with E-state index in [0.29, 0.717) is 18.2 Å². The molecule has 0 bridgehead atoms. The summed E-state index contributed by atoms with van der Waals surface area (Å²) in [4.78, 5) is 12.6. The summed E-state index contributed by atoms with van der Waals surface area (Å²) in [7, 11) is 0. The molecule has 3 rings (SSSR count). The lowest BCUT2D eigenvalue weighted by molar-refractivity contribution is 1.09. The summed E-state index contributed by atoms with van der Waals surface area (Å²) in [6.45, 7) is 0.646. The van der Waals surface area contributed by atoms with E-state index in [1.54, 1.807) is 12.4 Å². The van der Waals surface area contributed by atoms with E-state index in [9.17, 15) is 0 Å². The maximum absolute atomic E-state index is 5.50. The van der Waals surface area contributed by atoms with Crippen LogP contribution in [0.1, 0.15) is 5.56 Å². The monoisotopic (exact) mass is 251 g/mol. The van der Waals surface area contributed by atoms with Crippen molar-refractivity contribution in [2.75, 3.05) is 11.1 Å². The first-order chi connectivity index (χ1) is 9.33. The first-order valence-corrected chi connectivity index (χ1v) is 5.97. The van der Waals surface area contributed by atoms with Gasteiger partial charge in [-0.1, -0.05) is 24.3 Å². The van der Waals surface area contributed by atoms with Crippen LogP contribution >= 0.6 is 0 Å². The molecule has 0 atom stereocenters. The predicted octanol–water partition coefficient (Wildman–Crippen LogP) is 2.22. The molecule has 0 amide bonds. The number of nitrogens with two attached hydrogens (primary N) is 1. The second-order valence-electron chi connectivity index (χ2n) is 4.17. The Morgan fingerprint density at radius 3 is 2.74 bits per heavy atom. The highest BCUT2D eigenvalue weighted by Crippen LogP contribution is 2.16. The van der Waals surface area contributed by atoms with Crippen molar-refractivity contribution in [2.45, 2.75) is 6.54 Å². The fraction of sp³-hybridized carbons (Fsp3) is 0.0714. The number of anilines is 2. The zero-order valence-corrected chi connectivity index (χ0v) is 10.2. The fourth-order valence-electron chi connectivity index (χ4n) is 1.93. The lowest BCUT2D eigenvalue weighted by Gasteiger charge is -2.07. The number of nitrogens with zero attached hydrogens (tertiary/aromatic N) is 3. The van der Waals surface area contributed by atoms with Gasteiger partial charge in [0.25, 0.3) is 0 Å². The van der Waals surface area contributed by atoms with Gasteiger partial charge < -0.3 is 11.1 Å². The van der Waals surface area contributed by atoms with E-state index in [1.165, 1.54) is 6.20 Å². The molecule has 5 nitrogen and oxygen atoms in total. The minimum Gasteiger partial charge on any atom is -0.382 e. The molecule has 2 aromatic heterocycles. The quantitative estimate of drug-likeness (QED) is 0.746. The zero-order valence-electron chi connectivity index (χ0n) is 10.2. The minimum absolute atomic E-state index is 0.414. The second-order valence-corrected chi connectivity index (χ2v) is 4.17. The molecule has 2 heterocycles. The van der Waals surface area contributed by atoms with Crippen LogP contribution in [-0.2, 0) is 6.54 Å². The minimum atomic E-state index is 0.414. The van der Waals surface area contributed by atoms with Crippen LogP contribution in [0.15, 0.2) is 48.9 Å². The van der Waals surface area contributed by atoms with Crippen molar-refractivity contribution in [2.24, 2.45) is 0 Å². The maximum atomic E-state index is 5.50. The van der Waals surface area contributed by atoms with Crippen LogP contribution < -0.4 is 11.1 Å². The van der Waals surface area contributed by atoms with Crippen LogP contribution in [-0.4, -0.2) is 15.0 Å². The molecule has 0 fully saturated rings. The molecule has 94 valence electrons. The standard InChI is InChI=1S/C14H13N5/c15-12-8-19-13(9-17-12)18-7-11-4-1-3-10-5-2-6-16-14(10)11/h1-6,8-9H,7H2,(H2,15,17)(H,18,19). The van der Waals surface area contributed by atoms with Gasteiger partial charge in [0.15, 0.2) is 0 Å². The van der Waals surface area contributed by atoms with Gasteiger partial charge in [0.1, 0.15) is 11.6 Å². The molecule has 0 saturated carbocycles. The summed E-state index contributed by atoms with van der Waals surface area (Å²) in [6.07, 6.45) is 4.95. The number of hydrogen-bond acceptors (Lipinski definition) is 5. The zero-order chi connectivity index (χ0) is 13.1. The van der Waals surface area contributed by atoms with Crippen LogP contribution in [0.2, 0.25) is 0 Å². The summed E-state index contributed by atoms with van der Waals surface area (Å²) in [5.41, 5.74) is 7.62. The Morgan fingerprint density at radius 2 is 1.89 bits per heavy atom. The first-order valence-electron chi connectivity index (χ1n) is 5.97. The number of fused-ring (bicyclic) bond motifs is 1. The molecule has 0 spiro atoms. The summed E-state index contributed by atoms with van der Waals surface area (Å²) in [5.74, 6) is 1.11. The molecular weight excluding hydrogens is 238 g/mol. The highest BCUT2D eigenvalue weighted by molar-refractivity contribution is 5.81. The number of para-hydroxylation sites is 1. The van der Waals surface area contributed by atoms with E-state index in [-0.39, 0.29) is 0 Å². The third-order valence-corrected chi connectivity index (χ3v) is 2.85. The molecule has 0 radical (unpaired) electrons. The normalized spacial score (nSPS) is 10.5. The Hall–Kier alpha value is -2.69. The molecule has 0 aliphatic carbocycles. The molecular formula is C14H13N5. The highest BCUT2D eigenvalue weighted by atomic mass is 15.0. The molecule has 0 saturated heterocycles. The average Bonchev–Trinajstić information content (AvgIpc) is 2.47. The van der Waals surface area contributed by atoms with Crippen molar-refractivity contribution in [3.05, 3.63) is 54.5 Å². The Labute approximate surface area is 110 Å². The molecule has 0 aliphatic rings. The van der Waals surface area contributed by atoms with Crippen LogP contribution in [0.4, 0.5) is 11.6 Å². The van der Waals surface area contributed by atoms with Gasteiger partial charge in [-0.3, -0.25) is 4.98 Å². The van der Waals surface area contributed by atoms with Crippen molar-refractivity contribution in [1.29, 1.82) is 0 Å². The molecule has 3 aromatic rings. The van der Waals surface area contributed by atoms with Gasteiger partial charge in [-0.25, -0.2) is 9.97 Å². The van der Waals surface area contributed by atoms with Gasteiger partial charge in [0, 0.05) is 18.1 Å². The third kappa shape index (κ3) is 2.44. The fourth-order valence-corrected chi connectivity index (χ4v) is 1.93. The molecule has 0 aliphatic heterocycles. The predicted molar refractivity (Wildman–Crippen MR) is 75.5 cm³/mol. The van der Waals surface area contributed by atoms with Crippen molar-refractivity contribution in [3.63, 3.8) is 0 Å². The molecule has 19 heavy (non-hydrogen) atoms. The summed E-state index contributed by atoms with van der Waals surface area (Å²) in [5, 5.41) is 4.34. The van der Waals surface area contributed by atoms with Gasteiger partial charge in [0.05, 0.1) is 17.9 Å². The van der Waals surface area contributed by atoms with Gasteiger partial charge >= 0.3 is 0 Å². The largest absolute Gasteiger partial charge is 0.382 e. The molecule has 3 N–H and O–H groups in total. The SMILES string of the molecule is Nc1cnc(NCc2cccc3cccnc23)cn1. The number of hydrogen-bond donors (Lipinski definition) is 2. The number of rotatable bonds is 3. The van der Waals surface area contributed by atoms with E-state index in [0.717, 1.165) is 16.5 Å². The van der Waals surface area contributed by atoms with Crippen LogP contribution in [0, 0.1) is 0 Å². The van der Waals surface area contributed by atoms with Gasteiger partial charge in [0.2, 0.25) is 0 Å². The summed E-state index contributed by atoms with van der Waals surface area (Å²) in [6, 6.07) is 10.1. The van der Waals surface area contributed by atoms with Gasteiger partial charge in [-0.15, -0.1) is 0 Å². The van der Waals surface area contributed by atoms with Crippen LogP contribution in [0.25, 0.3) is 10.9 Å². The third-order valence-electron chi connectivity index (χ3n) is 2.85. The Kier molecular flexibility index (Phi) is 2.94. The topological polar surface area (TPSA) is 76.7 Å². The Bertz CT molecular complexity index is 688. The van der Waals surface area contributed by atoms with E-state index in [4.69, 9.17) is 5.73 Å². The average molecular weight is 251 g/mol. The van der Waals surface area contributed by atoms with E-state index in [2.05, 4.69) is 32.4 Å². The number of nitrogens with one attached hydrogen (secondary N) is 1. The van der Waals surface area contributed by atoms with Crippen LogP contribution in [0.5, 0.6) is 0 Å². The first kappa shape index (κ1) is 11.4. The number of benzene rings is 1. The smallest absolute Gasteiger partial charge is 0.144 e. The molecule has 5 heteroatoms. The Morgan fingerprint density at radius 1 is 1.00 bits per heavy atom. The van der Waals surface area contributed by atoms with Gasteiger partial charge in [-0.05, 0) is 11.6 Å². The van der Waals surface area contributed by atoms with Gasteiger partial charge in [-0.2, -0.15) is 0 Å². The highest BCUT2D eigenvalue weighted by Gasteiger charge is 2.02. The molecule has 0 unspecified atom stereocenters.